The first-order valence-electron chi connectivity index (χ1n) is 5.90. The predicted molar refractivity (Wildman–Crippen MR) is 70.4 cm³/mol. The smallest absolute Gasteiger partial charge is 0.271 e. The summed E-state index contributed by atoms with van der Waals surface area (Å²) in [6.07, 6.45) is 0.851. The number of aromatic amines is 1. The lowest BCUT2D eigenvalue weighted by Gasteiger charge is -2.04. The van der Waals surface area contributed by atoms with Gasteiger partial charge in [-0.05, 0) is 19.0 Å². The zero-order chi connectivity index (χ0) is 13.4. The van der Waals surface area contributed by atoms with Crippen LogP contribution in [-0.4, -0.2) is 37.4 Å². The molecule has 7 nitrogen and oxygen atoms in total. The molecule has 1 aliphatic heterocycles. The van der Waals surface area contributed by atoms with E-state index < -0.39 is 15.7 Å². The van der Waals surface area contributed by atoms with Gasteiger partial charge in [0.15, 0.2) is 5.16 Å². The van der Waals surface area contributed by atoms with Crippen molar-refractivity contribution in [3.8, 4) is 0 Å². The molecule has 0 spiro atoms. The van der Waals surface area contributed by atoms with Crippen molar-refractivity contribution in [2.45, 2.75) is 16.8 Å². The molecular formula is C11H12N4O3S. The molecule has 1 aliphatic rings. The largest absolute Gasteiger partial charge is 0.331 e. The number of benzene rings is 1. The van der Waals surface area contributed by atoms with Crippen LogP contribution < -0.4 is 5.32 Å². The van der Waals surface area contributed by atoms with Gasteiger partial charge in [-0.1, -0.05) is 0 Å². The molecule has 1 aromatic carbocycles. The normalized spacial score (nSPS) is 20.7. The third-order valence-electron chi connectivity index (χ3n) is 3.16. The van der Waals surface area contributed by atoms with Crippen molar-refractivity contribution < 1.29 is 9.13 Å². The molecule has 100 valence electrons. The molecule has 1 fully saturated rings. The standard InChI is InChI=1S/C11H12N4O3S/c16-15(17)7-1-2-9-10(5-7)14-11(13-9)19(18)8-3-4-12-6-8/h1-2,5,8,12H,3-4,6H2,(H,13,14). The summed E-state index contributed by atoms with van der Waals surface area (Å²) in [5.41, 5.74) is 1.14. The molecule has 0 saturated carbocycles. The molecule has 0 radical (unpaired) electrons. The van der Waals surface area contributed by atoms with Crippen LogP contribution in [0.5, 0.6) is 0 Å². The molecule has 2 N–H and O–H groups in total. The number of H-pyrrole nitrogens is 1. The van der Waals surface area contributed by atoms with Crippen LogP contribution >= 0.6 is 0 Å². The Balaban J connectivity index is 1.96. The zero-order valence-corrected chi connectivity index (χ0v) is 10.8. The van der Waals surface area contributed by atoms with E-state index in [1.807, 2.05) is 0 Å². The van der Waals surface area contributed by atoms with Gasteiger partial charge in [0.1, 0.15) is 0 Å². The minimum absolute atomic E-state index is 0.00369. The summed E-state index contributed by atoms with van der Waals surface area (Å²) in [4.78, 5) is 17.4. The summed E-state index contributed by atoms with van der Waals surface area (Å²) < 4.78 is 12.3. The molecule has 8 heteroatoms. The highest BCUT2D eigenvalue weighted by Gasteiger charge is 2.24. The third-order valence-corrected chi connectivity index (χ3v) is 4.75. The summed E-state index contributed by atoms with van der Waals surface area (Å²) in [6, 6.07) is 4.38. The Hall–Kier alpha value is -1.80. The Morgan fingerprint density at radius 2 is 2.32 bits per heavy atom. The van der Waals surface area contributed by atoms with E-state index in [9.17, 15) is 14.3 Å². The van der Waals surface area contributed by atoms with Crippen molar-refractivity contribution in [2.75, 3.05) is 13.1 Å². The van der Waals surface area contributed by atoms with Crippen LogP contribution in [0.1, 0.15) is 6.42 Å². The van der Waals surface area contributed by atoms with Crippen LogP contribution in [-0.2, 0) is 10.8 Å². The van der Waals surface area contributed by atoms with Gasteiger partial charge in [-0.3, -0.25) is 14.3 Å². The quantitative estimate of drug-likeness (QED) is 0.643. The monoisotopic (exact) mass is 280 g/mol. The number of non-ortho nitro benzene ring substituents is 1. The average molecular weight is 280 g/mol. The zero-order valence-electron chi connectivity index (χ0n) is 9.96. The van der Waals surface area contributed by atoms with Crippen LogP contribution in [0.3, 0.4) is 0 Å². The fourth-order valence-corrected chi connectivity index (χ4v) is 3.47. The maximum Gasteiger partial charge on any atom is 0.271 e. The maximum atomic E-state index is 12.3. The number of nitro benzene ring substituents is 1. The van der Waals surface area contributed by atoms with E-state index >= 15 is 0 Å². The minimum Gasteiger partial charge on any atom is -0.331 e. The van der Waals surface area contributed by atoms with E-state index in [0.29, 0.717) is 22.7 Å². The molecule has 2 atom stereocenters. The molecule has 0 aliphatic carbocycles. The SMILES string of the molecule is O=[N+]([O-])c1ccc2nc(S(=O)C3CCNC3)[nH]c2c1. The molecule has 19 heavy (non-hydrogen) atoms. The Bertz CT molecular complexity index is 663. The van der Waals surface area contributed by atoms with Crippen molar-refractivity contribution in [3.05, 3.63) is 28.3 Å². The number of hydrogen-bond donors (Lipinski definition) is 2. The van der Waals surface area contributed by atoms with Crippen molar-refractivity contribution in [1.29, 1.82) is 0 Å². The molecule has 0 amide bonds. The second-order valence-electron chi connectivity index (χ2n) is 4.41. The fraction of sp³-hybridized carbons (Fsp3) is 0.364. The summed E-state index contributed by atoms with van der Waals surface area (Å²) in [6.45, 7) is 1.58. The number of nitro groups is 1. The van der Waals surface area contributed by atoms with Gasteiger partial charge in [-0.2, -0.15) is 0 Å². The molecule has 1 saturated heterocycles. The molecule has 2 aromatic rings. The first-order valence-corrected chi connectivity index (χ1v) is 7.12. The number of imidazole rings is 1. The predicted octanol–water partition coefficient (Wildman–Crippen LogP) is 0.941. The van der Waals surface area contributed by atoms with Crippen molar-refractivity contribution in [1.82, 2.24) is 15.3 Å². The van der Waals surface area contributed by atoms with Gasteiger partial charge in [0.05, 0.1) is 32.0 Å². The molecule has 2 heterocycles. The lowest BCUT2D eigenvalue weighted by atomic mass is 10.3. The van der Waals surface area contributed by atoms with Gasteiger partial charge < -0.3 is 10.3 Å². The summed E-state index contributed by atoms with van der Waals surface area (Å²) in [5, 5.41) is 14.3. The fourth-order valence-electron chi connectivity index (χ4n) is 2.15. The van der Waals surface area contributed by atoms with Gasteiger partial charge in [0.25, 0.3) is 5.69 Å². The van der Waals surface area contributed by atoms with E-state index in [-0.39, 0.29) is 10.9 Å². The Kier molecular flexibility index (Phi) is 3.03. The van der Waals surface area contributed by atoms with E-state index in [2.05, 4.69) is 15.3 Å². The molecule has 0 bridgehead atoms. The Morgan fingerprint density at radius 3 is 3.00 bits per heavy atom. The lowest BCUT2D eigenvalue weighted by Crippen LogP contribution is -2.19. The number of aromatic nitrogens is 2. The number of fused-ring (bicyclic) bond motifs is 1. The lowest BCUT2D eigenvalue weighted by molar-refractivity contribution is -0.384. The van der Waals surface area contributed by atoms with Gasteiger partial charge >= 0.3 is 0 Å². The topological polar surface area (TPSA) is 101 Å². The van der Waals surface area contributed by atoms with Gasteiger partial charge in [0, 0.05) is 18.7 Å². The first kappa shape index (κ1) is 12.2. The van der Waals surface area contributed by atoms with Crippen LogP contribution in [0, 0.1) is 10.1 Å². The van der Waals surface area contributed by atoms with Crippen LogP contribution in [0.25, 0.3) is 11.0 Å². The highest BCUT2D eigenvalue weighted by Crippen LogP contribution is 2.21. The van der Waals surface area contributed by atoms with Gasteiger partial charge in [0.2, 0.25) is 0 Å². The number of nitrogens with zero attached hydrogens (tertiary/aromatic N) is 2. The summed E-state index contributed by atoms with van der Waals surface area (Å²) >= 11 is 0. The van der Waals surface area contributed by atoms with Gasteiger partial charge in [-0.15, -0.1) is 0 Å². The second-order valence-corrected chi connectivity index (χ2v) is 6.06. The van der Waals surface area contributed by atoms with E-state index in [4.69, 9.17) is 0 Å². The Morgan fingerprint density at radius 1 is 1.47 bits per heavy atom. The highest BCUT2D eigenvalue weighted by atomic mass is 32.2. The van der Waals surface area contributed by atoms with Crippen LogP contribution in [0.4, 0.5) is 5.69 Å². The Labute approximate surface area is 111 Å². The molecule has 1 aromatic heterocycles. The van der Waals surface area contributed by atoms with E-state index in [1.54, 1.807) is 6.07 Å². The highest BCUT2D eigenvalue weighted by molar-refractivity contribution is 7.85. The summed E-state index contributed by atoms with van der Waals surface area (Å²) in [5.74, 6) is 0. The molecule has 2 unspecified atom stereocenters. The number of rotatable bonds is 3. The average Bonchev–Trinajstić information content (AvgIpc) is 3.06. The van der Waals surface area contributed by atoms with E-state index in [0.717, 1.165) is 13.0 Å². The van der Waals surface area contributed by atoms with Crippen LogP contribution in [0.15, 0.2) is 23.4 Å². The first-order chi connectivity index (χ1) is 9.15. The summed E-state index contributed by atoms with van der Waals surface area (Å²) in [7, 11) is -1.21. The maximum absolute atomic E-state index is 12.3. The number of nitrogens with one attached hydrogen (secondary N) is 2. The minimum atomic E-state index is -1.21. The van der Waals surface area contributed by atoms with Crippen LogP contribution in [0.2, 0.25) is 0 Å². The van der Waals surface area contributed by atoms with Crippen molar-refractivity contribution >= 4 is 27.5 Å². The molecule has 3 rings (SSSR count). The van der Waals surface area contributed by atoms with E-state index in [1.165, 1.54) is 12.1 Å². The van der Waals surface area contributed by atoms with Crippen molar-refractivity contribution in [3.63, 3.8) is 0 Å². The van der Waals surface area contributed by atoms with Crippen molar-refractivity contribution in [2.24, 2.45) is 0 Å². The second kappa shape index (κ2) is 4.71. The van der Waals surface area contributed by atoms with Gasteiger partial charge in [-0.25, -0.2) is 4.98 Å². The third kappa shape index (κ3) is 2.24. The number of hydrogen-bond acceptors (Lipinski definition) is 5. The molecular weight excluding hydrogens is 268 g/mol.